The van der Waals surface area contributed by atoms with Crippen LogP contribution in [0, 0.1) is 0 Å². The van der Waals surface area contributed by atoms with Gasteiger partial charge in [0.2, 0.25) is 17.7 Å². The first kappa shape index (κ1) is 37.0. The Labute approximate surface area is 294 Å². The van der Waals surface area contributed by atoms with Crippen LogP contribution in [0.15, 0.2) is 60.7 Å². The number of hydrogen-bond donors (Lipinski definition) is 3. The Morgan fingerprint density at radius 1 is 0.686 bits per heavy atom. The van der Waals surface area contributed by atoms with E-state index in [0.717, 1.165) is 21.6 Å². The van der Waals surface area contributed by atoms with Crippen LogP contribution in [0.1, 0.15) is 18.4 Å². The molecular weight excluding hydrogens is 662 g/mol. The summed E-state index contributed by atoms with van der Waals surface area (Å²) in [6.45, 7) is 3.59. The molecule has 0 unspecified atom stereocenters. The lowest BCUT2D eigenvalue weighted by Crippen LogP contribution is -2.37. The summed E-state index contributed by atoms with van der Waals surface area (Å²) in [5, 5.41) is 16.9. The van der Waals surface area contributed by atoms with Crippen molar-refractivity contribution >= 4 is 35.2 Å². The number of anilines is 1. The van der Waals surface area contributed by atoms with E-state index in [4.69, 9.17) is 18.9 Å². The molecule has 2 aliphatic heterocycles. The Balaban J connectivity index is 0.870. The minimum absolute atomic E-state index is 0.0331. The number of H-pyrrole nitrogens is 1. The number of nitrogens with one attached hydrogen (secondary N) is 3. The predicted molar refractivity (Wildman–Crippen MR) is 183 cm³/mol. The molecule has 5 amide bonds. The van der Waals surface area contributed by atoms with Crippen molar-refractivity contribution < 1.29 is 42.9 Å². The zero-order valence-electron chi connectivity index (χ0n) is 28.1. The number of imide groups is 1. The van der Waals surface area contributed by atoms with Crippen molar-refractivity contribution in [3.05, 3.63) is 66.2 Å². The van der Waals surface area contributed by atoms with Crippen LogP contribution >= 0.6 is 0 Å². The quantitative estimate of drug-likeness (QED) is 0.0863. The maximum absolute atomic E-state index is 13.5. The summed E-state index contributed by atoms with van der Waals surface area (Å²) in [6.07, 6.45) is 2.08. The van der Waals surface area contributed by atoms with E-state index in [1.54, 1.807) is 4.90 Å². The fourth-order valence-electron chi connectivity index (χ4n) is 5.42. The number of carbonyl (C=O) groups is 5. The number of carbonyl (C=O) groups excluding carboxylic acids is 5. The van der Waals surface area contributed by atoms with Crippen molar-refractivity contribution in [1.29, 1.82) is 0 Å². The highest BCUT2D eigenvalue weighted by Crippen LogP contribution is 2.39. The molecular formula is C35H41N7O9. The third-order valence-electron chi connectivity index (χ3n) is 7.93. The number of rotatable bonds is 20. The highest BCUT2D eigenvalue weighted by Gasteiger charge is 2.28. The van der Waals surface area contributed by atoms with Gasteiger partial charge in [-0.3, -0.25) is 28.9 Å². The molecule has 3 heterocycles. The van der Waals surface area contributed by atoms with Crippen molar-refractivity contribution in [2.24, 2.45) is 0 Å². The number of para-hydroxylation sites is 1. The number of ether oxygens (including phenoxy) is 4. The Hall–Kier alpha value is -5.29. The van der Waals surface area contributed by atoms with E-state index in [1.165, 1.54) is 12.2 Å². The first-order valence-corrected chi connectivity index (χ1v) is 16.7. The van der Waals surface area contributed by atoms with E-state index in [0.29, 0.717) is 69.9 Å². The van der Waals surface area contributed by atoms with Crippen molar-refractivity contribution in [2.45, 2.75) is 19.4 Å². The largest absolute Gasteiger partial charge is 0.377 e. The fraction of sp³-hybridized carbons (Fsp3) is 0.400. The molecule has 0 aliphatic carbocycles. The smallest absolute Gasteiger partial charge is 0.253 e. The Kier molecular flexibility index (Phi) is 13.9. The summed E-state index contributed by atoms with van der Waals surface area (Å²) >= 11 is 0. The number of hydrogen-bond acceptors (Lipinski definition) is 11. The predicted octanol–water partition coefficient (Wildman–Crippen LogP) is 0.989. The van der Waals surface area contributed by atoms with E-state index >= 15 is 0 Å². The molecule has 0 radical (unpaired) electrons. The average molecular weight is 704 g/mol. The highest BCUT2D eigenvalue weighted by molar-refractivity contribution is 6.13. The number of nitrogens with zero attached hydrogens (tertiary/aromatic N) is 4. The topological polar surface area (TPSA) is 194 Å². The summed E-state index contributed by atoms with van der Waals surface area (Å²) in [7, 11) is 0. The van der Waals surface area contributed by atoms with Gasteiger partial charge in [-0.2, -0.15) is 15.4 Å². The van der Waals surface area contributed by atoms with Crippen LogP contribution < -0.4 is 15.5 Å². The minimum Gasteiger partial charge on any atom is -0.377 e. The molecule has 2 aromatic carbocycles. The van der Waals surface area contributed by atoms with Gasteiger partial charge in [0.1, 0.15) is 17.8 Å². The van der Waals surface area contributed by atoms with Crippen LogP contribution in [0.25, 0.3) is 22.5 Å². The van der Waals surface area contributed by atoms with Crippen molar-refractivity contribution in [2.75, 3.05) is 77.4 Å². The summed E-state index contributed by atoms with van der Waals surface area (Å²) in [5.74, 6) is -1.83. The highest BCUT2D eigenvalue weighted by atomic mass is 16.6. The van der Waals surface area contributed by atoms with Gasteiger partial charge in [-0.15, -0.1) is 0 Å². The molecule has 3 N–H and O–H groups in total. The second-order valence-electron chi connectivity index (χ2n) is 11.4. The molecule has 16 heteroatoms. The summed E-state index contributed by atoms with van der Waals surface area (Å²) in [4.78, 5) is 63.6. The van der Waals surface area contributed by atoms with Crippen molar-refractivity contribution in [1.82, 2.24) is 30.9 Å². The standard InChI is InChI=1S/C35H41N7O9/c43-29(11-14-41-31(45)9-10-32(41)46)36-12-15-48-17-19-50-21-22-51-20-18-49-16-13-37-30(44)23-33(47)42-24-25-5-1-2-6-26(25)34-35(39-40-38-34)27-7-3-4-8-28(27)42/h1-10H,11-24H2,(H,36,43)(H,37,44)(H,38,39,40). The molecule has 270 valence electrons. The first-order valence-electron chi connectivity index (χ1n) is 16.7. The van der Waals surface area contributed by atoms with E-state index in [1.807, 2.05) is 48.5 Å². The van der Waals surface area contributed by atoms with Crippen molar-refractivity contribution in [3.8, 4) is 22.5 Å². The van der Waals surface area contributed by atoms with Gasteiger partial charge in [0.15, 0.2) is 0 Å². The number of benzene rings is 2. The third kappa shape index (κ3) is 10.6. The van der Waals surface area contributed by atoms with Crippen molar-refractivity contribution in [3.63, 3.8) is 0 Å². The Bertz CT molecular complexity index is 1690. The van der Waals surface area contributed by atoms with E-state index in [-0.39, 0.29) is 50.9 Å². The molecule has 16 nitrogen and oxygen atoms in total. The van der Waals surface area contributed by atoms with Gasteiger partial charge in [-0.05, 0) is 11.6 Å². The number of fused-ring (bicyclic) bond motifs is 5. The van der Waals surface area contributed by atoms with E-state index in [9.17, 15) is 24.0 Å². The van der Waals surface area contributed by atoms with Gasteiger partial charge in [-0.1, -0.05) is 42.5 Å². The average Bonchev–Trinajstić information content (AvgIpc) is 3.74. The molecule has 0 fully saturated rings. The van der Waals surface area contributed by atoms with Crippen LogP contribution in [0.2, 0.25) is 0 Å². The molecule has 2 aliphatic rings. The molecule has 51 heavy (non-hydrogen) atoms. The zero-order valence-corrected chi connectivity index (χ0v) is 28.1. The number of aromatic amines is 1. The molecule has 0 saturated carbocycles. The number of aromatic nitrogens is 3. The van der Waals surface area contributed by atoms with Gasteiger partial charge in [0, 0.05) is 49.3 Å². The summed E-state index contributed by atoms with van der Waals surface area (Å²) in [5.41, 5.74) is 4.53. The molecule has 1 aromatic heterocycles. The normalized spacial score (nSPS) is 13.3. The van der Waals surface area contributed by atoms with Gasteiger partial charge in [0.25, 0.3) is 11.8 Å². The van der Waals surface area contributed by atoms with Crippen LogP contribution in [-0.2, 0) is 49.5 Å². The van der Waals surface area contributed by atoms with Gasteiger partial charge in [0.05, 0.1) is 65.1 Å². The van der Waals surface area contributed by atoms with Crippen LogP contribution in [-0.4, -0.2) is 122 Å². The lowest BCUT2D eigenvalue weighted by molar-refractivity contribution is -0.137. The second kappa shape index (κ2) is 19.2. The van der Waals surface area contributed by atoms with E-state index < -0.39 is 17.7 Å². The second-order valence-corrected chi connectivity index (χ2v) is 11.4. The maximum Gasteiger partial charge on any atom is 0.253 e. The monoisotopic (exact) mass is 703 g/mol. The summed E-state index contributed by atoms with van der Waals surface area (Å²) in [6, 6.07) is 15.2. The Morgan fingerprint density at radius 2 is 1.22 bits per heavy atom. The zero-order chi connectivity index (χ0) is 35.8. The lowest BCUT2D eigenvalue weighted by Gasteiger charge is -2.28. The molecule has 0 spiro atoms. The first-order chi connectivity index (χ1) is 24.9. The SMILES string of the molecule is O=C(CCN1C(=O)C=CC1=O)NCCOCCOCCOCCOCCNC(=O)CC(=O)N1Cc2ccccc2-c2n[nH]nc2-c2ccccc21. The maximum atomic E-state index is 13.5. The summed E-state index contributed by atoms with van der Waals surface area (Å²) < 4.78 is 21.9. The minimum atomic E-state index is -0.410. The van der Waals surface area contributed by atoms with Gasteiger partial charge >= 0.3 is 0 Å². The van der Waals surface area contributed by atoms with Crippen LogP contribution in [0.4, 0.5) is 5.69 Å². The fourth-order valence-corrected chi connectivity index (χ4v) is 5.42. The van der Waals surface area contributed by atoms with Gasteiger partial charge < -0.3 is 34.5 Å². The number of amides is 5. The van der Waals surface area contributed by atoms with Crippen LogP contribution in [0.5, 0.6) is 0 Å². The van der Waals surface area contributed by atoms with Crippen LogP contribution in [0.3, 0.4) is 0 Å². The lowest BCUT2D eigenvalue weighted by atomic mass is 9.96. The molecule has 0 saturated heterocycles. The third-order valence-corrected chi connectivity index (χ3v) is 7.93. The molecule has 5 rings (SSSR count). The van der Waals surface area contributed by atoms with Gasteiger partial charge in [-0.25, -0.2) is 0 Å². The molecule has 0 atom stereocenters. The Morgan fingerprint density at radius 3 is 1.86 bits per heavy atom. The van der Waals surface area contributed by atoms with E-state index in [2.05, 4.69) is 26.0 Å². The molecule has 3 aromatic rings. The molecule has 0 bridgehead atoms.